The maximum atomic E-state index is 14.8. The number of nitrogen functional groups attached to an aromatic ring is 1. The molecule has 109 heavy (non-hydrogen) atoms. The number of aromatic nitrogens is 1. The Kier molecular flexibility index (Phi) is 37.8. The van der Waals surface area contributed by atoms with E-state index in [-0.39, 0.29) is 43.5 Å². The smallest absolute Gasteiger partial charge is 0.329 e. The number of aliphatic hydroxyl groups excluding tert-OH is 1. The van der Waals surface area contributed by atoms with E-state index in [9.17, 15) is 102 Å². The van der Waals surface area contributed by atoms with Crippen molar-refractivity contribution in [2.75, 3.05) is 32.0 Å². The highest BCUT2D eigenvalue weighted by molar-refractivity contribution is 6.05. The van der Waals surface area contributed by atoms with Gasteiger partial charge >= 0.3 is 17.9 Å². The molecule has 4 rings (SSSR count). The number of ketones is 4. The number of para-hydroxylation sites is 2. The summed E-state index contributed by atoms with van der Waals surface area (Å²) < 4.78 is 5.75. The number of amides is 11. The quantitative estimate of drug-likeness (QED) is 0.0150. The van der Waals surface area contributed by atoms with E-state index >= 15 is 0 Å². The van der Waals surface area contributed by atoms with Crippen LogP contribution in [-0.4, -0.2) is 207 Å². The fraction of sp³-hybridized carbons (Fsp3) is 0.562. The monoisotopic (exact) mass is 1530 g/mol. The zero-order valence-electron chi connectivity index (χ0n) is 62.1. The van der Waals surface area contributed by atoms with E-state index in [4.69, 9.17) is 21.9 Å². The molecule has 2 heterocycles. The molecule has 13 atom stereocenters. The van der Waals surface area contributed by atoms with Crippen LogP contribution in [0.15, 0.2) is 54.7 Å². The molecule has 0 aliphatic carbocycles. The van der Waals surface area contributed by atoms with Crippen LogP contribution in [0.1, 0.15) is 167 Å². The molecule has 1 unspecified atom stereocenters. The highest BCUT2D eigenvalue weighted by Crippen LogP contribution is 2.25. The Labute approximate surface area is 629 Å². The molecule has 0 spiro atoms. The predicted octanol–water partition coefficient (Wildman–Crippen LogP) is -1.26. The minimum atomic E-state index is -2.30. The van der Waals surface area contributed by atoms with E-state index < -0.39 is 249 Å². The average molecular weight is 1530 g/mol. The van der Waals surface area contributed by atoms with Crippen LogP contribution < -0.4 is 70.4 Å². The summed E-state index contributed by atoms with van der Waals surface area (Å²) in [6.07, 6.45) is -1.14. The summed E-state index contributed by atoms with van der Waals surface area (Å²) in [6.45, 7) is 5.00. The van der Waals surface area contributed by atoms with Gasteiger partial charge in [0.05, 0.1) is 50.5 Å². The number of benzene rings is 2. The number of cyclic esters (lactones) is 1. The van der Waals surface area contributed by atoms with Gasteiger partial charge in [0, 0.05) is 85.1 Å². The third-order valence-electron chi connectivity index (χ3n) is 18.3. The molecule has 1 saturated heterocycles. The van der Waals surface area contributed by atoms with Crippen molar-refractivity contribution in [1.82, 2.24) is 58.2 Å². The number of hydrogen-bond donors (Lipinski definition) is 17. The van der Waals surface area contributed by atoms with Gasteiger partial charge in [-0.3, -0.25) is 81.5 Å². The molecule has 2 aromatic carbocycles. The lowest BCUT2D eigenvalue weighted by Gasteiger charge is -2.29. The fourth-order valence-electron chi connectivity index (χ4n) is 12.0. The maximum absolute atomic E-state index is 14.8. The first-order valence-corrected chi connectivity index (χ1v) is 36.3. The van der Waals surface area contributed by atoms with Gasteiger partial charge in [-0.25, -0.2) is 4.79 Å². The molecule has 0 bridgehead atoms. The number of unbranched alkanes of at least 4 members (excludes halogenated alkanes) is 6. The number of fused-ring (bicyclic) bond motifs is 1. The minimum Gasteiger partial charge on any atom is -0.481 e. The van der Waals surface area contributed by atoms with Gasteiger partial charge in [-0.2, -0.15) is 0 Å². The minimum absolute atomic E-state index is 0.00503. The Bertz CT molecular complexity index is 3770. The van der Waals surface area contributed by atoms with Crippen LogP contribution in [0, 0.1) is 23.7 Å². The van der Waals surface area contributed by atoms with Gasteiger partial charge in [-0.05, 0) is 76.3 Å². The van der Waals surface area contributed by atoms with Gasteiger partial charge in [0.1, 0.15) is 42.4 Å². The second kappa shape index (κ2) is 45.6. The third kappa shape index (κ3) is 30.6. The Hall–Kier alpha value is -11.0. The summed E-state index contributed by atoms with van der Waals surface area (Å²) in [6, 6.07) is -1.29. The van der Waals surface area contributed by atoms with Crippen LogP contribution in [0.5, 0.6) is 0 Å². The highest BCUT2D eigenvalue weighted by Gasteiger charge is 2.41. The van der Waals surface area contributed by atoms with Gasteiger partial charge < -0.3 is 95.4 Å². The number of primary amides is 1. The first kappa shape index (κ1) is 90.4. The average Bonchev–Trinajstić information content (AvgIpc) is 1.72. The second-order valence-electron chi connectivity index (χ2n) is 27.3. The van der Waals surface area contributed by atoms with Crippen molar-refractivity contribution in [3.05, 3.63) is 65.9 Å². The highest BCUT2D eigenvalue weighted by atomic mass is 16.5. The molecule has 1 aliphatic heterocycles. The lowest BCUT2D eigenvalue weighted by atomic mass is 9.84. The van der Waals surface area contributed by atoms with Crippen molar-refractivity contribution in [1.29, 1.82) is 0 Å². The first-order chi connectivity index (χ1) is 51.6. The number of nitrogens with one attached hydrogen (secondary N) is 11. The Morgan fingerprint density at radius 1 is 0.624 bits per heavy atom. The van der Waals surface area contributed by atoms with E-state index in [0.29, 0.717) is 22.9 Å². The summed E-state index contributed by atoms with van der Waals surface area (Å²) in [4.78, 5) is 251. The summed E-state index contributed by atoms with van der Waals surface area (Å²) in [5.41, 5.74) is 18.4. The second-order valence-corrected chi connectivity index (χ2v) is 27.3. The molecule has 1 aliphatic rings. The third-order valence-corrected chi connectivity index (χ3v) is 18.3. The normalized spacial score (nSPS) is 22.0. The van der Waals surface area contributed by atoms with Crippen molar-refractivity contribution in [2.45, 2.75) is 212 Å². The van der Waals surface area contributed by atoms with Crippen LogP contribution in [0.4, 0.5) is 5.69 Å². The summed E-state index contributed by atoms with van der Waals surface area (Å²) in [5.74, 6) is -26.9. The molecule has 3 aromatic rings. The number of aromatic amines is 1. The van der Waals surface area contributed by atoms with E-state index in [1.165, 1.54) is 52.0 Å². The number of esters is 1. The molecule has 0 radical (unpaired) electrons. The topological polar surface area (TPSA) is 591 Å². The molecule has 11 amide bonds. The van der Waals surface area contributed by atoms with Crippen LogP contribution >= 0.6 is 0 Å². The van der Waals surface area contributed by atoms with Gasteiger partial charge in [0.25, 0.3) is 0 Å². The molecule has 0 saturated carbocycles. The Morgan fingerprint density at radius 3 is 1.85 bits per heavy atom. The van der Waals surface area contributed by atoms with Crippen molar-refractivity contribution in [3.63, 3.8) is 0 Å². The zero-order chi connectivity index (χ0) is 81.2. The molecule has 1 aromatic heterocycles. The lowest BCUT2D eigenvalue weighted by Crippen LogP contribution is -2.57. The summed E-state index contributed by atoms with van der Waals surface area (Å²) >= 11 is 0. The fourth-order valence-corrected chi connectivity index (χ4v) is 12.0. The zero-order valence-corrected chi connectivity index (χ0v) is 62.1. The van der Waals surface area contributed by atoms with Crippen LogP contribution in [0.3, 0.4) is 0 Å². The van der Waals surface area contributed by atoms with Crippen molar-refractivity contribution >= 4 is 123 Å². The molecule has 1 fully saturated rings. The van der Waals surface area contributed by atoms with Crippen molar-refractivity contribution in [3.8, 4) is 0 Å². The Balaban J connectivity index is 1.83. The number of H-pyrrole nitrogens is 1. The number of nitrogens with two attached hydrogens (primary N) is 3. The number of anilines is 1. The molecule has 598 valence electrons. The standard InChI is InChI=1S/C73H104N14O22/c1-7-8-9-10-11-12-13-24-60(94)83-52(28-44-34-77-49-22-17-15-19-45(44)49)71(106)85-51(33-59(76)93)57(91)29-43(30-64(99)100)69(104)87-65-42(6)109-73(108)53(32-55(89)46-20-14-16-21-48(46)75)86-70(105)47(38(2)27-63(97)98)31-58(92)54(37-88)84-62(96)35-78-67(102)40(4)81-68(103)41(5)80-66(101)39(3)26-56(90)50(23-18-25-74)82-61(95)36-79-72(65)107/h14-17,19-22,34,38-43,47,50-54,65,77,88H,7-13,18,23-33,35-37,74-75H2,1-6H3,(H2,76,93)(H,78,102)(H,79,107)(H,80,101)(H,81,103)(H,82,95)(H,83,94)(H,84,96)(H,85,106)(H,86,105)(H,87,104)(H,97,98)(H,99,100)/t38?,39-,40+,41-,42-,43+,47+,50+,51-,52+,53+,54-,65+/m1/s1. The molecule has 36 heteroatoms. The van der Waals surface area contributed by atoms with E-state index in [0.717, 1.165) is 45.4 Å². The largest absolute Gasteiger partial charge is 0.481 e. The lowest BCUT2D eigenvalue weighted by molar-refractivity contribution is -0.156. The van der Waals surface area contributed by atoms with E-state index in [2.05, 4.69) is 65.1 Å². The first-order valence-electron chi connectivity index (χ1n) is 36.3. The number of hydrogen-bond acceptors (Lipinski definition) is 22. The summed E-state index contributed by atoms with van der Waals surface area (Å²) in [7, 11) is 0. The van der Waals surface area contributed by atoms with Crippen LogP contribution in [0.2, 0.25) is 0 Å². The van der Waals surface area contributed by atoms with Gasteiger partial charge in [0.2, 0.25) is 65.0 Å². The Morgan fingerprint density at radius 2 is 1.22 bits per heavy atom. The number of Topliss-reactive ketones (excluding diaryl/α,β-unsaturated/α-hetero) is 4. The summed E-state index contributed by atoms with van der Waals surface area (Å²) in [5, 5.41) is 54.7. The number of rotatable bonds is 32. The number of carbonyl (C=O) groups excluding carboxylic acids is 16. The molecular formula is C73H104N14O22. The number of ether oxygens (including phenoxy) is 1. The van der Waals surface area contributed by atoms with E-state index in [1.54, 1.807) is 30.5 Å². The van der Waals surface area contributed by atoms with E-state index in [1.807, 2.05) is 0 Å². The maximum Gasteiger partial charge on any atom is 0.329 e. The number of carbonyl (C=O) groups is 18. The van der Waals surface area contributed by atoms with Gasteiger partial charge in [-0.1, -0.05) is 89.6 Å². The van der Waals surface area contributed by atoms with Crippen molar-refractivity contribution < 1.29 is 106 Å². The van der Waals surface area contributed by atoms with Gasteiger partial charge in [-0.15, -0.1) is 0 Å². The van der Waals surface area contributed by atoms with Crippen molar-refractivity contribution in [2.24, 2.45) is 35.1 Å². The van der Waals surface area contributed by atoms with Crippen LogP contribution in [0.25, 0.3) is 10.9 Å². The number of aliphatic hydroxyl groups is 1. The predicted molar refractivity (Wildman–Crippen MR) is 391 cm³/mol. The molecular weight excluding hydrogens is 1420 g/mol. The molecule has 20 N–H and O–H groups in total. The number of carboxylic acids is 2. The molecule has 36 nitrogen and oxygen atoms in total. The van der Waals surface area contributed by atoms with Crippen LogP contribution in [-0.2, 0) is 92.7 Å². The van der Waals surface area contributed by atoms with Gasteiger partial charge in [0.15, 0.2) is 23.1 Å². The number of aliphatic carboxylic acids is 2. The SMILES string of the molecule is CCCCCCCCCC(=O)N[C@@H](Cc1c[nH]c2ccccc12)C(=O)N[C@H](CC(N)=O)C(=O)C[C@@H](CC(=O)O)C(=O)N[C@@H]1C(=O)NCC(=O)N[C@@H](CCCN)C(=O)C[C@@H](C)C(=O)N[C@H](C)C(=O)N[C@@H](C)C(=O)NCC(=O)N[C@H](CO)C(=O)C[C@@H](C(C)CC(=O)O)C(=O)N[C@@H](CC(=O)c2ccccc2N)C(=O)O[C@@H]1C. The number of carboxylic acid groups (broad SMARTS) is 2.